The molecule has 3 nitrogen and oxygen atoms in total. The SMILES string of the molecule is CC(C)c1n[nH]c(=S)n1[C@H]1C[C@@H]2CC[C@@H]1C2. The van der Waals surface area contributed by atoms with E-state index in [4.69, 9.17) is 12.2 Å². The van der Waals surface area contributed by atoms with Crippen LogP contribution in [0, 0.1) is 16.6 Å². The molecular formula is C12H19N3S. The molecule has 2 aliphatic rings. The van der Waals surface area contributed by atoms with E-state index in [0.717, 1.165) is 22.4 Å². The van der Waals surface area contributed by atoms with E-state index in [0.29, 0.717) is 12.0 Å². The van der Waals surface area contributed by atoms with Gasteiger partial charge in [0.15, 0.2) is 4.77 Å². The highest BCUT2D eigenvalue weighted by Crippen LogP contribution is 2.51. The van der Waals surface area contributed by atoms with Crippen molar-refractivity contribution in [3.8, 4) is 0 Å². The van der Waals surface area contributed by atoms with Crippen LogP contribution in [0.4, 0.5) is 0 Å². The van der Waals surface area contributed by atoms with E-state index < -0.39 is 0 Å². The average molecular weight is 237 g/mol. The van der Waals surface area contributed by atoms with Crippen molar-refractivity contribution in [1.82, 2.24) is 14.8 Å². The Labute approximate surface area is 101 Å². The van der Waals surface area contributed by atoms with E-state index in [2.05, 4.69) is 28.6 Å². The molecule has 16 heavy (non-hydrogen) atoms. The van der Waals surface area contributed by atoms with Gasteiger partial charge >= 0.3 is 0 Å². The van der Waals surface area contributed by atoms with Gasteiger partial charge in [0.2, 0.25) is 0 Å². The summed E-state index contributed by atoms with van der Waals surface area (Å²) in [5.74, 6) is 3.40. The predicted molar refractivity (Wildman–Crippen MR) is 66.0 cm³/mol. The molecule has 0 radical (unpaired) electrons. The summed E-state index contributed by atoms with van der Waals surface area (Å²) in [6, 6.07) is 0.627. The number of hydrogen-bond donors (Lipinski definition) is 1. The van der Waals surface area contributed by atoms with Gasteiger partial charge in [-0.25, -0.2) is 0 Å². The monoisotopic (exact) mass is 237 g/mol. The van der Waals surface area contributed by atoms with Gasteiger partial charge in [0.1, 0.15) is 5.82 Å². The molecule has 2 aliphatic carbocycles. The molecule has 2 bridgehead atoms. The molecule has 88 valence electrons. The Bertz CT molecular complexity index is 445. The zero-order valence-corrected chi connectivity index (χ0v) is 10.8. The van der Waals surface area contributed by atoms with Crippen molar-refractivity contribution in [2.24, 2.45) is 11.8 Å². The van der Waals surface area contributed by atoms with Gasteiger partial charge < -0.3 is 4.57 Å². The minimum absolute atomic E-state index is 0.451. The second kappa shape index (κ2) is 3.69. The van der Waals surface area contributed by atoms with Crippen molar-refractivity contribution in [3.63, 3.8) is 0 Å². The molecule has 0 aromatic carbocycles. The summed E-state index contributed by atoms with van der Waals surface area (Å²) in [7, 11) is 0. The van der Waals surface area contributed by atoms with E-state index in [9.17, 15) is 0 Å². The van der Waals surface area contributed by atoms with Gasteiger partial charge in [0.25, 0.3) is 0 Å². The molecule has 2 fully saturated rings. The lowest BCUT2D eigenvalue weighted by atomic mass is 9.95. The van der Waals surface area contributed by atoms with Gasteiger partial charge in [-0.1, -0.05) is 20.3 Å². The summed E-state index contributed by atoms with van der Waals surface area (Å²) >= 11 is 5.39. The number of nitrogens with zero attached hydrogens (tertiary/aromatic N) is 2. The molecule has 3 rings (SSSR count). The number of nitrogens with one attached hydrogen (secondary N) is 1. The largest absolute Gasteiger partial charge is 0.301 e. The molecule has 4 heteroatoms. The molecule has 0 aliphatic heterocycles. The zero-order valence-electron chi connectivity index (χ0n) is 9.94. The smallest absolute Gasteiger partial charge is 0.195 e. The first-order valence-corrected chi connectivity index (χ1v) is 6.74. The summed E-state index contributed by atoms with van der Waals surface area (Å²) in [5.41, 5.74) is 0. The predicted octanol–water partition coefficient (Wildman–Crippen LogP) is 3.43. The lowest BCUT2D eigenvalue weighted by Gasteiger charge is -2.25. The van der Waals surface area contributed by atoms with Crippen LogP contribution in [0.3, 0.4) is 0 Å². The lowest BCUT2D eigenvalue weighted by Crippen LogP contribution is -2.19. The minimum Gasteiger partial charge on any atom is -0.301 e. The van der Waals surface area contributed by atoms with Crippen molar-refractivity contribution in [2.45, 2.75) is 51.5 Å². The third-order valence-corrected chi connectivity index (χ3v) is 4.57. The molecule has 1 N–H and O–H groups in total. The normalized spacial score (nSPS) is 32.8. The maximum absolute atomic E-state index is 5.39. The topological polar surface area (TPSA) is 33.6 Å². The third-order valence-electron chi connectivity index (χ3n) is 4.28. The summed E-state index contributed by atoms with van der Waals surface area (Å²) in [5, 5.41) is 7.36. The van der Waals surface area contributed by atoms with Gasteiger partial charge in [-0.3, -0.25) is 5.10 Å². The van der Waals surface area contributed by atoms with Crippen LogP contribution in [0.15, 0.2) is 0 Å². The fourth-order valence-electron chi connectivity index (χ4n) is 3.57. The van der Waals surface area contributed by atoms with Gasteiger partial charge in [-0.05, 0) is 43.3 Å². The summed E-state index contributed by atoms with van der Waals surface area (Å²) < 4.78 is 3.13. The summed E-state index contributed by atoms with van der Waals surface area (Å²) in [6.07, 6.45) is 5.55. The van der Waals surface area contributed by atoms with Crippen molar-refractivity contribution in [2.75, 3.05) is 0 Å². The molecule has 1 heterocycles. The molecule has 3 atom stereocenters. The fourth-order valence-corrected chi connectivity index (χ4v) is 3.85. The molecule has 2 saturated carbocycles. The number of aromatic amines is 1. The second-order valence-corrected chi connectivity index (χ2v) is 6.04. The molecular weight excluding hydrogens is 218 g/mol. The van der Waals surface area contributed by atoms with Gasteiger partial charge in [0.05, 0.1) is 0 Å². The third kappa shape index (κ3) is 1.46. The standard InChI is InChI=1S/C12H19N3S/c1-7(2)11-13-14-12(16)15(11)10-6-8-3-4-9(10)5-8/h7-10H,3-6H2,1-2H3,(H,14,16)/t8-,9-,10+/m1/s1. The van der Waals surface area contributed by atoms with Gasteiger partial charge in [-0.2, -0.15) is 5.10 Å². The number of aromatic nitrogens is 3. The van der Waals surface area contributed by atoms with Crippen molar-refractivity contribution in [3.05, 3.63) is 10.6 Å². The summed E-state index contributed by atoms with van der Waals surface area (Å²) in [6.45, 7) is 4.38. The van der Waals surface area contributed by atoms with Crippen LogP contribution >= 0.6 is 12.2 Å². The average Bonchev–Trinajstić information content (AvgIpc) is 2.90. The number of fused-ring (bicyclic) bond motifs is 2. The van der Waals surface area contributed by atoms with Crippen LogP contribution in [-0.2, 0) is 0 Å². The van der Waals surface area contributed by atoms with Crippen LogP contribution in [0.25, 0.3) is 0 Å². The highest BCUT2D eigenvalue weighted by molar-refractivity contribution is 7.71. The maximum atomic E-state index is 5.39. The first-order valence-electron chi connectivity index (χ1n) is 6.33. The molecule has 0 unspecified atom stereocenters. The maximum Gasteiger partial charge on any atom is 0.195 e. The Hall–Kier alpha value is -0.640. The summed E-state index contributed by atoms with van der Waals surface area (Å²) in [4.78, 5) is 0. The van der Waals surface area contributed by atoms with Crippen molar-refractivity contribution >= 4 is 12.2 Å². The lowest BCUT2D eigenvalue weighted by molar-refractivity contribution is 0.317. The second-order valence-electron chi connectivity index (χ2n) is 5.65. The van der Waals surface area contributed by atoms with Crippen LogP contribution in [0.2, 0.25) is 0 Å². The van der Waals surface area contributed by atoms with E-state index in [1.165, 1.54) is 25.7 Å². The van der Waals surface area contributed by atoms with Crippen LogP contribution < -0.4 is 0 Å². The quantitative estimate of drug-likeness (QED) is 0.800. The van der Waals surface area contributed by atoms with Crippen molar-refractivity contribution in [1.29, 1.82) is 0 Å². The first kappa shape index (κ1) is 10.5. The highest BCUT2D eigenvalue weighted by atomic mass is 32.1. The fraction of sp³-hybridized carbons (Fsp3) is 0.833. The van der Waals surface area contributed by atoms with Gasteiger partial charge in [0, 0.05) is 12.0 Å². The molecule has 0 amide bonds. The van der Waals surface area contributed by atoms with E-state index in [-0.39, 0.29) is 0 Å². The Kier molecular flexibility index (Phi) is 2.42. The number of hydrogen-bond acceptors (Lipinski definition) is 2. The van der Waals surface area contributed by atoms with Crippen LogP contribution in [-0.4, -0.2) is 14.8 Å². The van der Waals surface area contributed by atoms with E-state index >= 15 is 0 Å². The number of rotatable bonds is 2. The minimum atomic E-state index is 0.451. The molecule has 1 aromatic heterocycles. The van der Waals surface area contributed by atoms with E-state index in [1.54, 1.807) is 0 Å². The first-order chi connectivity index (χ1) is 7.66. The Balaban J connectivity index is 2.00. The Morgan fingerprint density at radius 2 is 2.19 bits per heavy atom. The van der Waals surface area contributed by atoms with Crippen LogP contribution in [0.1, 0.15) is 57.3 Å². The van der Waals surface area contributed by atoms with Gasteiger partial charge in [-0.15, -0.1) is 0 Å². The Morgan fingerprint density at radius 1 is 1.38 bits per heavy atom. The highest BCUT2D eigenvalue weighted by Gasteiger charge is 2.41. The molecule has 1 aromatic rings. The molecule has 0 spiro atoms. The van der Waals surface area contributed by atoms with Crippen LogP contribution in [0.5, 0.6) is 0 Å². The van der Waals surface area contributed by atoms with Crippen molar-refractivity contribution < 1.29 is 0 Å². The number of H-pyrrole nitrogens is 1. The van der Waals surface area contributed by atoms with E-state index in [1.807, 2.05) is 0 Å². The zero-order chi connectivity index (χ0) is 11.3. The molecule has 0 saturated heterocycles. The Morgan fingerprint density at radius 3 is 2.75 bits per heavy atom.